The molecule has 2 N–H and O–H groups in total. The van der Waals surface area contributed by atoms with Gasteiger partial charge in [0.05, 0.1) is 29.3 Å². The van der Waals surface area contributed by atoms with Crippen molar-refractivity contribution in [1.82, 2.24) is 0 Å². The molecule has 2 unspecified atom stereocenters. The number of ether oxygens (including phenoxy) is 1. The van der Waals surface area contributed by atoms with Crippen molar-refractivity contribution in [3.8, 4) is 0 Å². The van der Waals surface area contributed by atoms with Crippen LogP contribution in [-0.2, 0) is 4.74 Å². The summed E-state index contributed by atoms with van der Waals surface area (Å²) in [6.07, 6.45) is -2.70. The van der Waals surface area contributed by atoms with Gasteiger partial charge >= 0.3 is 5.97 Å². The number of aliphatic hydroxyl groups is 2. The van der Waals surface area contributed by atoms with Gasteiger partial charge in [0.15, 0.2) is 0 Å². The highest BCUT2D eigenvalue weighted by atomic mass is 32.1. The lowest BCUT2D eigenvalue weighted by molar-refractivity contribution is -0.386. The molecule has 0 amide bonds. The smallest absolute Gasteiger partial charge is 0.338 e. The highest BCUT2D eigenvalue weighted by Gasteiger charge is 2.26. The van der Waals surface area contributed by atoms with Crippen LogP contribution in [0.2, 0.25) is 0 Å². The van der Waals surface area contributed by atoms with E-state index in [4.69, 9.17) is 0 Å². The molecular weight excluding hydrogens is 274 g/mol. The molecule has 0 radical (unpaired) electrons. The Balaban J connectivity index is 3.26. The van der Waals surface area contributed by atoms with Crippen molar-refractivity contribution in [1.29, 1.82) is 0 Å². The molecule has 2 atom stereocenters. The zero-order valence-corrected chi connectivity index (χ0v) is 10.9. The lowest BCUT2D eigenvalue weighted by Gasteiger charge is -2.16. The average Bonchev–Trinajstić information content (AvgIpc) is 2.43. The summed E-state index contributed by atoms with van der Waals surface area (Å²) >= 11 is 3.81. The van der Waals surface area contributed by atoms with E-state index in [0.717, 1.165) is 13.2 Å². The Bertz CT molecular complexity index is 492. The van der Waals surface area contributed by atoms with Gasteiger partial charge in [-0.3, -0.25) is 10.1 Å². The first-order chi connectivity index (χ1) is 8.92. The number of nitro benzene ring substituents is 1. The standard InChI is InChI=1S/C11H13NO6S/c1-18-11(15)6-2-3-7(8(4-6)12(16)17)10(14)9(13)5-19/h2-4,9-10,13-14,19H,5H2,1H3. The van der Waals surface area contributed by atoms with Crippen molar-refractivity contribution in [2.45, 2.75) is 12.2 Å². The van der Waals surface area contributed by atoms with Gasteiger partial charge in [-0.25, -0.2) is 4.79 Å². The summed E-state index contributed by atoms with van der Waals surface area (Å²) in [5, 5.41) is 30.2. The van der Waals surface area contributed by atoms with Crippen LogP contribution in [0.5, 0.6) is 0 Å². The average molecular weight is 287 g/mol. The van der Waals surface area contributed by atoms with E-state index in [0.29, 0.717) is 0 Å². The monoisotopic (exact) mass is 287 g/mol. The van der Waals surface area contributed by atoms with Crippen molar-refractivity contribution < 1.29 is 24.7 Å². The fraction of sp³-hybridized carbons (Fsp3) is 0.364. The number of hydrogen-bond acceptors (Lipinski definition) is 7. The van der Waals surface area contributed by atoms with E-state index in [9.17, 15) is 25.1 Å². The lowest BCUT2D eigenvalue weighted by atomic mass is 10.0. The van der Waals surface area contributed by atoms with E-state index in [1.807, 2.05) is 0 Å². The Morgan fingerprint density at radius 3 is 2.63 bits per heavy atom. The minimum Gasteiger partial charge on any atom is -0.465 e. The highest BCUT2D eigenvalue weighted by molar-refractivity contribution is 7.80. The van der Waals surface area contributed by atoms with E-state index < -0.39 is 28.8 Å². The number of hydrogen-bond donors (Lipinski definition) is 3. The molecule has 0 bridgehead atoms. The Kier molecular flexibility index (Phi) is 5.28. The third-order valence-electron chi connectivity index (χ3n) is 2.52. The summed E-state index contributed by atoms with van der Waals surface area (Å²) in [5.74, 6) is -0.782. The van der Waals surface area contributed by atoms with Crippen LogP contribution in [-0.4, -0.2) is 40.1 Å². The predicted octanol–water partition coefficient (Wildman–Crippen LogP) is 0.705. The third kappa shape index (κ3) is 3.43. The number of carbonyl (C=O) groups excluding carboxylic acids is 1. The maximum absolute atomic E-state index is 11.3. The molecule has 8 heteroatoms. The number of methoxy groups -OCH3 is 1. The number of nitrogens with zero attached hydrogens (tertiary/aromatic N) is 1. The van der Waals surface area contributed by atoms with Crippen LogP contribution in [0.15, 0.2) is 18.2 Å². The quantitative estimate of drug-likeness (QED) is 0.318. The van der Waals surface area contributed by atoms with Crippen LogP contribution in [0.25, 0.3) is 0 Å². The van der Waals surface area contributed by atoms with Crippen molar-refractivity contribution in [3.63, 3.8) is 0 Å². The zero-order chi connectivity index (χ0) is 14.6. The molecule has 0 heterocycles. The molecule has 1 aromatic rings. The van der Waals surface area contributed by atoms with Gasteiger partial charge in [0, 0.05) is 11.8 Å². The molecule has 19 heavy (non-hydrogen) atoms. The fourth-order valence-electron chi connectivity index (χ4n) is 1.50. The molecule has 1 aromatic carbocycles. The Morgan fingerprint density at radius 1 is 1.53 bits per heavy atom. The van der Waals surface area contributed by atoms with Gasteiger partial charge in [-0.1, -0.05) is 0 Å². The van der Waals surface area contributed by atoms with Gasteiger partial charge in [-0.15, -0.1) is 0 Å². The number of esters is 1. The minimum atomic E-state index is -1.45. The number of benzene rings is 1. The number of thiol groups is 1. The number of carbonyl (C=O) groups is 1. The molecule has 0 spiro atoms. The summed E-state index contributed by atoms with van der Waals surface area (Å²) in [7, 11) is 1.15. The summed E-state index contributed by atoms with van der Waals surface area (Å²) in [5.41, 5.74) is -0.555. The van der Waals surface area contributed by atoms with Crippen LogP contribution in [0.1, 0.15) is 22.0 Å². The first-order valence-corrected chi connectivity index (χ1v) is 5.89. The van der Waals surface area contributed by atoms with E-state index in [1.54, 1.807) is 0 Å². The molecule has 7 nitrogen and oxygen atoms in total. The SMILES string of the molecule is COC(=O)c1ccc(C(O)C(O)CS)c([N+](=O)[O-])c1. The zero-order valence-electron chi connectivity index (χ0n) is 10.0. The van der Waals surface area contributed by atoms with Crippen LogP contribution in [0.4, 0.5) is 5.69 Å². The molecule has 0 saturated heterocycles. The van der Waals surface area contributed by atoms with Gasteiger partial charge in [0.2, 0.25) is 0 Å². The van der Waals surface area contributed by atoms with E-state index in [1.165, 1.54) is 12.1 Å². The molecular formula is C11H13NO6S. The summed E-state index contributed by atoms with van der Waals surface area (Å²) in [4.78, 5) is 21.5. The second kappa shape index (κ2) is 6.50. The van der Waals surface area contributed by atoms with Crippen LogP contribution < -0.4 is 0 Å². The molecule has 1 rings (SSSR count). The molecule has 0 aliphatic carbocycles. The molecule has 104 valence electrons. The second-order valence-electron chi connectivity index (χ2n) is 3.72. The van der Waals surface area contributed by atoms with E-state index in [-0.39, 0.29) is 16.9 Å². The van der Waals surface area contributed by atoms with Gasteiger partial charge in [0.1, 0.15) is 6.10 Å². The maximum atomic E-state index is 11.3. The molecule has 0 fully saturated rings. The Labute approximate surface area is 114 Å². The topological polar surface area (TPSA) is 110 Å². The first kappa shape index (κ1) is 15.4. The minimum absolute atomic E-state index is 0.00878. The van der Waals surface area contributed by atoms with Gasteiger partial charge in [-0.2, -0.15) is 12.6 Å². The van der Waals surface area contributed by atoms with E-state index in [2.05, 4.69) is 17.4 Å². The van der Waals surface area contributed by atoms with Crippen molar-refractivity contribution >= 4 is 24.3 Å². The normalized spacial score (nSPS) is 13.7. The summed E-state index contributed by atoms with van der Waals surface area (Å²) < 4.78 is 4.45. The van der Waals surface area contributed by atoms with Crippen LogP contribution in [0, 0.1) is 10.1 Å². The van der Waals surface area contributed by atoms with Gasteiger partial charge in [-0.05, 0) is 12.1 Å². The van der Waals surface area contributed by atoms with Gasteiger partial charge in [0.25, 0.3) is 5.69 Å². The predicted molar refractivity (Wildman–Crippen MR) is 69.3 cm³/mol. The number of rotatable bonds is 5. The highest BCUT2D eigenvalue weighted by Crippen LogP contribution is 2.29. The Hall–Kier alpha value is -1.64. The maximum Gasteiger partial charge on any atom is 0.338 e. The van der Waals surface area contributed by atoms with Crippen LogP contribution >= 0.6 is 12.6 Å². The molecule has 0 aromatic heterocycles. The van der Waals surface area contributed by atoms with Crippen molar-refractivity contribution in [2.75, 3.05) is 12.9 Å². The Morgan fingerprint density at radius 2 is 2.16 bits per heavy atom. The van der Waals surface area contributed by atoms with Gasteiger partial charge < -0.3 is 14.9 Å². The van der Waals surface area contributed by atoms with Crippen LogP contribution in [0.3, 0.4) is 0 Å². The second-order valence-corrected chi connectivity index (χ2v) is 4.08. The number of aliphatic hydroxyl groups excluding tert-OH is 2. The first-order valence-electron chi connectivity index (χ1n) is 5.26. The van der Waals surface area contributed by atoms with Crippen molar-refractivity contribution in [3.05, 3.63) is 39.4 Å². The molecule has 0 aliphatic rings. The lowest BCUT2D eigenvalue weighted by Crippen LogP contribution is -2.21. The third-order valence-corrected chi connectivity index (χ3v) is 2.89. The largest absolute Gasteiger partial charge is 0.465 e. The van der Waals surface area contributed by atoms with E-state index >= 15 is 0 Å². The summed E-state index contributed by atoms with van der Waals surface area (Å²) in [6.45, 7) is 0. The molecule has 0 saturated carbocycles. The number of nitro groups is 1. The molecule has 0 aliphatic heterocycles. The van der Waals surface area contributed by atoms with Crippen molar-refractivity contribution in [2.24, 2.45) is 0 Å². The summed E-state index contributed by atoms with van der Waals surface area (Å²) in [6, 6.07) is 3.49. The fourth-order valence-corrected chi connectivity index (χ4v) is 1.70.